The van der Waals surface area contributed by atoms with Crippen molar-refractivity contribution in [3.05, 3.63) is 53.5 Å². The van der Waals surface area contributed by atoms with Gasteiger partial charge in [-0.1, -0.05) is 31.2 Å². The number of hydrogen-bond acceptors (Lipinski definition) is 5. The van der Waals surface area contributed by atoms with Crippen molar-refractivity contribution in [1.29, 1.82) is 0 Å². The summed E-state index contributed by atoms with van der Waals surface area (Å²) in [5.74, 6) is 0.975. The molecule has 1 saturated heterocycles. The number of nitrogens with zero attached hydrogens (tertiary/aromatic N) is 3. The number of nitrogens with two attached hydrogens (primary N) is 1. The van der Waals surface area contributed by atoms with Gasteiger partial charge in [-0.15, -0.1) is 0 Å². The smallest absolute Gasteiger partial charge is 0.152 e. The molecular weight excluding hydrogens is 324 g/mol. The Hall–Kier alpha value is -1.98. The van der Waals surface area contributed by atoms with Gasteiger partial charge in [-0.25, -0.2) is 4.98 Å². The number of benzene rings is 1. The first-order valence-electron chi connectivity index (χ1n) is 9.69. The van der Waals surface area contributed by atoms with Crippen molar-refractivity contribution < 1.29 is 4.74 Å². The van der Waals surface area contributed by atoms with Gasteiger partial charge >= 0.3 is 0 Å². The molecule has 26 heavy (non-hydrogen) atoms. The third-order valence-electron chi connectivity index (χ3n) is 5.99. The number of piperidine rings is 1. The molecule has 5 nitrogen and oxygen atoms in total. The summed E-state index contributed by atoms with van der Waals surface area (Å²) < 4.78 is 5.70. The van der Waals surface area contributed by atoms with Gasteiger partial charge in [-0.05, 0) is 42.2 Å². The first kappa shape index (κ1) is 17.4. The van der Waals surface area contributed by atoms with E-state index < -0.39 is 0 Å². The van der Waals surface area contributed by atoms with Crippen molar-refractivity contribution in [2.24, 2.45) is 11.1 Å². The van der Waals surface area contributed by atoms with Crippen LogP contribution < -0.4 is 10.6 Å². The quantitative estimate of drug-likeness (QED) is 0.837. The fraction of sp³-hybridized carbons (Fsp3) is 0.524. The Morgan fingerprint density at radius 1 is 1.19 bits per heavy atom. The largest absolute Gasteiger partial charge is 0.375 e. The SMILES string of the molecule is CCCOCc1nccnc1N1CCC2(CC1)Cc1ccccc1[C@H]2N. The van der Waals surface area contributed by atoms with E-state index in [1.165, 1.54) is 11.1 Å². The van der Waals surface area contributed by atoms with Crippen LogP contribution in [0.15, 0.2) is 36.7 Å². The molecule has 1 fully saturated rings. The van der Waals surface area contributed by atoms with Crippen LogP contribution in [-0.4, -0.2) is 29.7 Å². The highest BCUT2D eigenvalue weighted by Gasteiger charge is 2.46. The molecule has 2 aliphatic rings. The lowest BCUT2D eigenvalue weighted by Crippen LogP contribution is -2.45. The van der Waals surface area contributed by atoms with Gasteiger partial charge in [0.15, 0.2) is 5.82 Å². The molecule has 1 aliphatic heterocycles. The number of ether oxygens (including phenoxy) is 1. The third-order valence-corrected chi connectivity index (χ3v) is 5.99. The average molecular weight is 352 g/mol. The number of aromatic nitrogens is 2. The van der Waals surface area contributed by atoms with Gasteiger partial charge < -0.3 is 15.4 Å². The van der Waals surface area contributed by atoms with E-state index in [1.807, 2.05) is 0 Å². The number of fused-ring (bicyclic) bond motifs is 1. The van der Waals surface area contributed by atoms with Gasteiger partial charge in [0.1, 0.15) is 5.69 Å². The van der Waals surface area contributed by atoms with E-state index in [-0.39, 0.29) is 11.5 Å². The van der Waals surface area contributed by atoms with Crippen LogP contribution in [0.2, 0.25) is 0 Å². The van der Waals surface area contributed by atoms with Crippen molar-refractivity contribution in [3.8, 4) is 0 Å². The van der Waals surface area contributed by atoms with E-state index in [0.717, 1.165) is 56.9 Å². The van der Waals surface area contributed by atoms with Crippen LogP contribution in [0, 0.1) is 5.41 Å². The van der Waals surface area contributed by atoms with Crippen molar-refractivity contribution in [2.45, 2.75) is 45.3 Å². The average Bonchev–Trinajstić information content (AvgIpc) is 2.95. The van der Waals surface area contributed by atoms with Crippen molar-refractivity contribution >= 4 is 5.82 Å². The second-order valence-electron chi connectivity index (χ2n) is 7.58. The summed E-state index contributed by atoms with van der Waals surface area (Å²) in [5, 5.41) is 0. The van der Waals surface area contributed by atoms with Crippen LogP contribution in [0.4, 0.5) is 5.82 Å². The predicted octanol–water partition coefficient (Wildman–Crippen LogP) is 3.25. The molecule has 1 aliphatic carbocycles. The second-order valence-corrected chi connectivity index (χ2v) is 7.58. The highest BCUT2D eigenvalue weighted by molar-refractivity contribution is 5.45. The lowest BCUT2D eigenvalue weighted by atomic mass is 9.73. The van der Waals surface area contributed by atoms with Gasteiger partial charge in [-0.3, -0.25) is 4.98 Å². The summed E-state index contributed by atoms with van der Waals surface area (Å²) in [4.78, 5) is 11.5. The Kier molecular flexibility index (Phi) is 4.92. The van der Waals surface area contributed by atoms with Gasteiger partial charge in [0.05, 0.1) is 6.61 Å². The van der Waals surface area contributed by atoms with Crippen LogP contribution in [0.5, 0.6) is 0 Å². The topological polar surface area (TPSA) is 64.3 Å². The zero-order valence-electron chi connectivity index (χ0n) is 15.5. The van der Waals surface area contributed by atoms with Gasteiger partial charge in [0.25, 0.3) is 0 Å². The van der Waals surface area contributed by atoms with E-state index >= 15 is 0 Å². The van der Waals surface area contributed by atoms with Crippen LogP contribution in [0.25, 0.3) is 0 Å². The molecule has 1 atom stereocenters. The zero-order chi connectivity index (χ0) is 18.0. The lowest BCUT2D eigenvalue weighted by Gasteiger charge is -2.42. The van der Waals surface area contributed by atoms with E-state index in [1.54, 1.807) is 12.4 Å². The van der Waals surface area contributed by atoms with E-state index in [0.29, 0.717) is 6.61 Å². The minimum absolute atomic E-state index is 0.148. The summed E-state index contributed by atoms with van der Waals surface area (Å²) in [7, 11) is 0. The van der Waals surface area contributed by atoms with Crippen molar-refractivity contribution in [2.75, 3.05) is 24.6 Å². The molecule has 4 rings (SSSR count). The molecule has 2 N–H and O–H groups in total. The molecule has 0 bridgehead atoms. The van der Waals surface area contributed by atoms with Crippen molar-refractivity contribution in [1.82, 2.24) is 9.97 Å². The number of anilines is 1. The summed E-state index contributed by atoms with van der Waals surface area (Å²) in [6, 6.07) is 8.82. The Morgan fingerprint density at radius 2 is 1.96 bits per heavy atom. The van der Waals surface area contributed by atoms with Crippen LogP contribution >= 0.6 is 0 Å². The summed E-state index contributed by atoms with van der Waals surface area (Å²) in [5.41, 5.74) is 10.6. The van der Waals surface area contributed by atoms with E-state index in [2.05, 4.69) is 46.1 Å². The molecule has 1 spiro atoms. The summed E-state index contributed by atoms with van der Waals surface area (Å²) in [6.07, 6.45) is 7.83. The third kappa shape index (κ3) is 3.10. The first-order valence-corrected chi connectivity index (χ1v) is 9.69. The summed E-state index contributed by atoms with van der Waals surface area (Å²) in [6.45, 7) is 5.35. The minimum Gasteiger partial charge on any atom is -0.375 e. The Labute approximate surface area is 155 Å². The molecule has 138 valence electrons. The molecule has 5 heteroatoms. The monoisotopic (exact) mass is 352 g/mol. The Morgan fingerprint density at radius 3 is 2.73 bits per heavy atom. The first-order chi connectivity index (χ1) is 12.7. The fourth-order valence-corrected chi connectivity index (χ4v) is 4.51. The maximum atomic E-state index is 6.68. The molecule has 1 aromatic carbocycles. The van der Waals surface area contributed by atoms with Gasteiger partial charge in [-0.2, -0.15) is 0 Å². The predicted molar refractivity (Wildman–Crippen MR) is 103 cm³/mol. The highest BCUT2D eigenvalue weighted by atomic mass is 16.5. The lowest BCUT2D eigenvalue weighted by molar-refractivity contribution is 0.118. The van der Waals surface area contributed by atoms with Crippen LogP contribution in [0.3, 0.4) is 0 Å². The molecule has 0 unspecified atom stereocenters. The van der Waals surface area contributed by atoms with Gasteiger partial charge in [0, 0.05) is 38.1 Å². The number of hydrogen-bond donors (Lipinski definition) is 1. The molecule has 2 heterocycles. The molecule has 0 radical (unpaired) electrons. The molecule has 1 aromatic heterocycles. The van der Waals surface area contributed by atoms with E-state index in [9.17, 15) is 0 Å². The molecule has 0 saturated carbocycles. The fourth-order valence-electron chi connectivity index (χ4n) is 4.51. The van der Waals surface area contributed by atoms with Crippen LogP contribution in [-0.2, 0) is 17.8 Å². The maximum Gasteiger partial charge on any atom is 0.152 e. The molecule has 2 aromatic rings. The second kappa shape index (κ2) is 7.33. The molecular formula is C21H28N4O. The van der Waals surface area contributed by atoms with Crippen molar-refractivity contribution in [3.63, 3.8) is 0 Å². The standard InChI is InChI=1S/C21H28N4O/c1-2-13-26-15-18-20(24-10-9-23-18)25-11-7-21(8-12-25)14-16-5-3-4-6-17(16)19(21)22/h3-6,9-10,19H,2,7-8,11-15,22H2,1H3/t19-/m1/s1. The van der Waals surface area contributed by atoms with Gasteiger partial charge in [0.2, 0.25) is 0 Å². The minimum atomic E-state index is 0.148. The zero-order valence-corrected chi connectivity index (χ0v) is 15.5. The maximum absolute atomic E-state index is 6.68. The molecule has 0 amide bonds. The van der Waals surface area contributed by atoms with E-state index in [4.69, 9.17) is 10.5 Å². The number of rotatable bonds is 5. The highest BCUT2D eigenvalue weighted by Crippen LogP contribution is 2.50. The van der Waals surface area contributed by atoms with Crippen LogP contribution in [0.1, 0.15) is 49.0 Å². The Bertz CT molecular complexity index is 755. The Balaban J connectivity index is 1.47. The summed E-state index contributed by atoms with van der Waals surface area (Å²) >= 11 is 0. The normalized spacial score (nSPS) is 21.2.